The van der Waals surface area contributed by atoms with Crippen molar-refractivity contribution in [3.63, 3.8) is 0 Å². The highest BCUT2D eigenvalue weighted by Gasteiger charge is 2.25. The van der Waals surface area contributed by atoms with Crippen LogP contribution < -0.4 is 4.90 Å². The molecule has 0 N–H and O–H groups in total. The highest BCUT2D eigenvalue weighted by molar-refractivity contribution is 5.92. The van der Waals surface area contributed by atoms with E-state index in [1.807, 2.05) is 12.1 Å². The smallest absolute Gasteiger partial charge is 0.323 e. The second kappa shape index (κ2) is 2.73. The summed E-state index contributed by atoms with van der Waals surface area (Å²) in [4.78, 5) is 18.9. The Morgan fingerprint density at radius 3 is 3.00 bits per heavy atom. The lowest BCUT2D eigenvalue weighted by Gasteiger charge is -2.31. The molecule has 2 heterocycles. The van der Waals surface area contributed by atoms with Crippen LogP contribution in [-0.4, -0.2) is 30.0 Å². The van der Waals surface area contributed by atoms with Crippen molar-refractivity contribution < 1.29 is 4.79 Å². The van der Waals surface area contributed by atoms with Gasteiger partial charge in [-0.2, -0.15) is 0 Å². The summed E-state index contributed by atoms with van der Waals surface area (Å²) >= 11 is 0. The van der Waals surface area contributed by atoms with Crippen LogP contribution in [0.15, 0.2) is 18.3 Å². The minimum absolute atomic E-state index is 0.00815. The maximum Gasteiger partial charge on any atom is 0.325 e. The molecule has 0 fully saturated rings. The molecule has 2 amide bonds. The molecule has 0 saturated heterocycles. The van der Waals surface area contributed by atoms with Crippen molar-refractivity contribution in [3.05, 3.63) is 23.9 Å². The van der Waals surface area contributed by atoms with Crippen molar-refractivity contribution in [2.75, 3.05) is 19.0 Å². The van der Waals surface area contributed by atoms with Crippen LogP contribution in [0.5, 0.6) is 0 Å². The number of urea groups is 1. The Balaban J connectivity index is 2.49. The van der Waals surface area contributed by atoms with Crippen LogP contribution in [-0.2, 0) is 6.54 Å². The molecule has 68 valence electrons. The van der Waals surface area contributed by atoms with Crippen molar-refractivity contribution in [1.29, 1.82) is 0 Å². The summed E-state index contributed by atoms with van der Waals surface area (Å²) in [6.07, 6.45) is 1.70. The van der Waals surface area contributed by atoms with Crippen molar-refractivity contribution in [2.24, 2.45) is 0 Å². The van der Waals surface area contributed by atoms with Gasteiger partial charge in [0.25, 0.3) is 0 Å². The number of nitrogens with zero attached hydrogens (tertiary/aromatic N) is 3. The SMILES string of the molecule is CN1Cc2cccnc2N(C)C1=O. The van der Waals surface area contributed by atoms with E-state index >= 15 is 0 Å². The Morgan fingerprint density at radius 1 is 1.46 bits per heavy atom. The molecule has 1 aromatic rings. The first-order valence-electron chi connectivity index (χ1n) is 4.13. The lowest BCUT2D eigenvalue weighted by atomic mass is 10.2. The first-order valence-corrected chi connectivity index (χ1v) is 4.13. The summed E-state index contributed by atoms with van der Waals surface area (Å²) in [5.74, 6) is 0.769. The number of carbonyl (C=O) groups is 1. The van der Waals surface area contributed by atoms with Crippen molar-refractivity contribution in [2.45, 2.75) is 6.54 Å². The summed E-state index contributed by atoms with van der Waals surface area (Å²) < 4.78 is 0. The number of carbonyl (C=O) groups excluding carboxylic acids is 1. The van der Waals surface area contributed by atoms with Gasteiger partial charge in [-0.3, -0.25) is 4.90 Å². The number of rotatable bonds is 0. The maximum absolute atomic E-state index is 11.5. The van der Waals surface area contributed by atoms with E-state index in [0.29, 0.717) is 6.54 Å². The minimum Gasteiger partial charge on any atom is -0.323 e. The van der Waals surface area contributed by atoms with Crippen molar-refractivity contribution >= 4 is 11.8 Å². The average molecular weight is 177 g/mol. The topological polar surface area (TPSA) is 36.4 Å². The molecule has 0 saturated carbocycles. The Kier molecular flexibility index (Phi) is 1.69. The Bertz CT molecular complexity index is 350. The lowest BCUT2D eigenvalue weighted by Crippen LogP contribution is -2.43. The molecule has 0 radical (unpaired) electrons. The molecular weight excluding hydrogens is 166 g/mol. The first kappa shape index (κ1) is 8.04. The number of hydrogen-bond donors (Lipinski definition) is 0. The highest BCUT2D eigenvalue weighted by Crippen LogP contribution is 2.23. The van der Waals surface area contributed by atoms with E-state index in [-0.39, 0.29) is 6.03 Å². The quantitative estimate of drug-likeness (QED) is 0.594. The molecule has 1 aromatic heterocycles. The molecule has 1 aliphatic rings. The zero-order valence-corrected chi connectivity index (χ0v) is 7.69. The predicted molar refractivity (Wildman–Crippen MR) is 49.5 cm³/mol. The number of hydrogen-bond acceptors (Lipinski definition) is 2. The normalized spacial score (nSPS) is 16.0. The van der Waals surface area contributed by atoms with E-state index in [4.69, 9.17) is 0 Å². The molecule has 4 nitrogen and oxygen atoms in total. The average Bonchev–Trinajstić information content (AvgIpc) is 2.15. The summed E-state index contributed by atoms with van der Waals surface area (Å²) in [6, 6.07) is 3.86. The van der Waals surface area contributed by atoms with Crippen LogP contribution in [0.4, 0.5) is 10.6 Å². The van der Waals surface area contributed by atoms with Gasteiger partial charge >= 0.3 is 6.03 Å². The summed E-state index contributed by atoms with van der Waals surface area (Å²) in [5.41, 5.74) is 1.09. The largest absolute Gasteiger partial charge is 0.325 e. The molecule has 0 aliphatic carbocycles. The summed E-state index contributed by atoms with van der Waals surface area (Å²) in [5, 5.41) is 0. The fraction of sp³-hybridized carbons (Fsp3) is 0.333. The van der Waals surface area contributed by atoms with E-state index in [0.717, 1.165) is 11.4 Å². The molecule has 0 unspecified atom stereocenters. The van der Waals surface area contributed by atoms with Gasteiger partial charge in [-0.25, -0.2) is 9.78 Å². The fourth-order valence-corrected chi connectivity index (χ4v) is 1.53. The molecule has 4 heteroatoms. The van der Waals surface area contributed by atoms with Gasteiger partial charge in [0, 0.05) is 25.9 Å². The number of amides is 2. The van der Waals surface area contributed by atoms with Crippen LogP contribution in [0, 0.1) is 0 Å². The van der Waals surface area contributed by atoms with Gasteiger partial charge in [0.2, 0.25) is 0 Å². The second-order valence-corrected chi connectivity index (χ2v) is 3.18. The first-order chi connectivity index (χ1) is 6.20. The van der Waals surface area contributed by atoms with Crippen molar-refractivity contribution in [3.8, 4) is 0 Å². The zero-order chi connectivity index (χ0) is 9.42. The summed E-state index contributed by atoms with van der Waals surface area (Å²) in [7, 11) is 3.53. The van der Waals surface area contributed by atoms with Crippen molar-refractivity contribution in [1.82, 2.24) is 9.88 Å². The van der Waals surface area contributed by atoms with Gasteiger partial charge in [-0.15, -0.1) is 0 Å². The van der Waals surface area contributed by atoms with Crippen LogP contribution in [0.1, 0.15) is 5.56 Å². The number of aromatic nitrogens is 1. The van der Waals surface area contributed by atoms with Gasteiger partial charge in [-0.1, -0.05) is 6.07 Å². The predicted octanol–water partition coefficient (Wildman–Crippen LogP) is 1.08. The van der Waals surface area contributed by atoms with Gasteiger partial charge in [0.05, 0.1) is 6.54 Å². The molecular formula is C9H11N3O. The number of fused-ring (bicyclic) bond motifs is 1. The third kappa shape index (κ3) is 1.14. The van der Waals surface area contributed by atoms with Gasteiger partial charge in [0.1, 0.15) is 5.82 Å². The van der Waals surface area contributed by atoms with Gasteiger partial charge in [-0.05, 0) is 6.07 Å². The highest BCUT2D eigenvalue weighted by atomic mass is 16.2. The summed E-state index contributed by atoms with van der Waals surface area (Å²) in [6.45, 7) is 0.645. The van der Waals surface area contributed by atoms with Crippen LogP contribution in [0.3, 0.4) is 0 Å². The van der Waals surface area contributed by atoms with Gasteiger partial charge in [0.15, 0.2) is 0 Å². The zero-order valence-electron chi connectivity index (χ0n) is 7.69. The Hall–Kier alpha value is -1.58. The molecule has 0 aromatic carbocycles. The maximum atomic E-state index is 11.5. The van der Waals surface area contributed by atoms with E-state index in [9.17, 15) is 4.79 Å². The minimum atomic E-state index is -0.00815. The molecule has 13 heavy (non-hydrogen) atoms. The second-order valence-electron chi connectivity index (χ2n) is 3.18. The van der Waals surface area contributed by atoms with E-state index < -0.39 is 0 Å². The molecule has 0 spiro atoms. The fourth-order valence-electron chi connectivity index (χ4n) is 1.53. The standard InChI is InChI=1S/C9H11N3O/c1-11-6-7-4-3-5-10-8(7)12(2)9(11)13/h3-5H,6H2,1-2H3. The van der Waals surface area contributed by atoms with E-state index in [1.54, 1.807) is 30.1 Å². The van der Waals surface area contributed by atoms with Crippen LogP contribution >= 0.6 is 0 Å². The Labute approximate surface area is 76.8 Å². The van der Waals surface area contributed by atoms with E-state index in [1.165, 1.54) is 0 Å². The Morgan fingerprint density at radius 2 is 2.23 bits per heavy atom. The van der Waals surface area contributed by atoms with Crippen LogP contribution in [0.25, 0.3) is 0 Å². The van der Waals surface area contributed by atoms with E-state index in [2.05, 4.69) is 4.98 Å². The number of pyridine rings is 1. The molecule has 0 atom stereocenters. The third-order valence-electron chi connectivity index (χ3n) is 2.21. The number of anilines is 1. The third-order valence-corrected chi connectivity index (χ3v) is 2.21. The van der Waals surface area contributed by atoms with Crippen LogP contribution in [0.2, 0.25) is 0 Å². The molecule has 2 rings (SSSR count). The van der Waals surface area contributed by atoms with Gasteiger partial charge < -0.3 is 4.90 Å². The lowest BCUT2D eigenvalue weighted by molar-refractivity contribution is 0.211. The molecule has 0 bridgehead atoms. The molecule has 1 aliphatic heterocycles. The monoisotopic (exact) mass is 177 g/mol.